The summed E-state index contributed by atoms with van der Waals surface area (Å²) in [7, 11) is 0. The Balaban J connectivity index is 1.21. The van der Waals surface area contributed by atoms with Gasteiger partial charge in [-0.15, -0.1) is 0 Å². The quantitative estimate of drug-likeness (QED) is 0.357. The predicted octanol–water partition coefficient (Wildman–Crippen LogP) is 4.99. The molecule has 2 heterocycles. The van der Waals surface area contributed by atoms with Crippen molar-refractivity contribution in [3.63, 3.8) is 0 Å². The molecule has 1 atom stereocenters. The van der Waals surface area contributed by atoms with Crippen molar-refractivity contribution in [2.24, 2.45) is 0 Å². The zero-order valence-corrected chi connectivity index (χ0v) is 21.0. The molecule has 6 nitrogen and oxygen atoms in total. The number of aromatic nitrogens is 1. The van der Waals surface area contributed by atoms with E-state index in [2.05, 4.69) is 29.6 Å². The summed E-state index contributed by atoms with van der Waals surface area (Å²) in [5.74, 6) is 0.728. The van der Waals surface area contributed by atoms with Crippen molar-refractivity contribution in [3.05, 3.63) is 101 Å². The Bertz CT molecular complexity index is 1460. The number of hydrogen-bond donors (Lipinski definition) is 1. The van der Waals surface area contributed by atoms with Crippen molar-refractivity contribution in [1.29, 1.82) is 0 Å². The fourth-order valence-electron chi connectivity index (χ4n) is 5.11. The van der Waals surface area contributed by atoms with Gasteiger partial charge >= 0.3 is 0 Å². The van der Waals surface area contributed by atoms with E-state index in [1.807, 2.05) is 61.5 Å². The predicted molar refractivity (Wildman–Crippen MR) is 144 cm³/mol. The Morgan fingerprint density at radius 1 is 0.946 bits per heavy atom. The Kier molecular flexibility index (Phi) is 6.26. The number of amides is 1. The van der Waals surface area contributed by atoms with Gasteiger partial charge < -0.3 is 15.0 Å². The van der Waals surface area contributed by atoms with E-state index in [0.717, 1.165) is 47.0 Å². The maximum absolute atomic E-state index is 13.5. The summed E-state index contributed by atoms with van der Waals surface area (Å²) >= 11 is 0. The van der Waals surface area contributed by atoms with Gasteiger partial charge in [0.15, 0.2) is 0 Å². The third-order valence-corrected chi connectivity index (χ3v) is 7.13. The molecule has 1 aliphatic heterocycles. The number of carbonyl (C=O) groups excluding carboxylic acids is 2. The van der Waals surface area contributed by atoms with E-state index in [-0.39, 0.29) is 24.4 Å². The number of benzene rings is 3. The van der Waals surface area contributed by atoms with Crippen LogP contribution in [-0.2, 0) is 13.0 Å². The Hall–Kier alpha value is -3.90. The van der Waals surface area contributed by atoms with Gasteiger partial charge in [-0.2, -0.15) is 0 Å². The molecule has 1 fully saturated rings. The lowest BCUT2D eigenvalue weighted by molar-refractivity contribution is 0.0608. The molecule has 0 bridgehead atoms. The van der Waals surface area contributed by atoms with Gasteiger partial charge in [0.2, 0.25) is 0 Å². The minimum atomic E-state index is -0.104. The van der Waals surface area contributed by atoms with E-state index in [0.29, 0.717) is 24.9 Å². The second-order valence-corrected chi connectivity index (χ2v) is 10.2. The fourth-order valence-corrected chi connectivity index (χ4v) is 5.11. The topological polar surface area (TPSA) is 63.6 Å². The summed E-state index contributed by atoms with van der Waals surface area (Å²) in [6, 6.07) is 26.2. The first-order chi connectivity index (χ1) is 18.0. The third kappa shape index (κ3) is 5.16. The van der Waals surface area contributed by atoms with Crippen LogP contribution in [0.15, 0.2) is 78.9 Å². The van der Waals surface area contributed by atoms with Crippen LogP contribution in [0.3, 0.4) is 0 Å². The zero-order chi connectivity index (χ0) is 25.4. The van der Waals surface area contributed by atoms with Crippen LogP contribution in [0.5, 0.6) is 5.75 Å². The molecule has 1 aliphatic carbocycles. The average molecular weight is 494 g/mol. The lowest BCUT2D eigenvalue weighted by atomic mass is 10.0. The van der Waals surface area contributed by atoms with E-state index >= 15 is 0 Å². The van der Waals surface area contributed by atoms with Crippen LogP contribution in [0, 0.1) is 6.92 Å². The molecule has 1 saturated carbocycles. The molecule has 0 spiro atoms. The number of nitrogens with zero attached hydrogens (tertiary/aromatic N) is 2. The highest BCUT2D eigenvalue weighted by atomic mass is 16.5. The van der Waals surface area contributed by atoms with Gasteiger partial charge in [0, 0.05) is 24.5 Å². The van der Waals surface area contributed by atoms with Crippen LogP contribution >= 0.6 is 0 Å². The molecule has 6 heteroatoms. The second kappa shape index (κ2) is 9.87. The van der Waals surface area contributed by atoms with Crippen molar-refractivity contribution in [2.75, 3.05) is 13.1 Å². The maximum Gasteiger partial charge on any atom is 0.271 e. The van der Waals surface area contributed by atoms with Crippen LogP contribution in [0.25, 0.3) is 10.9 Å². The number of nitrogens with one attached hydrogen (secondary N) is 1. The fraction of sp³-hybridized carbons (Fsp3) is 0.290. The summed E-state index contributed by atoms with van der Waals surface area (Å²) in [5, 5.41) is 4.58. The summed E-state index contributed by atoms with van der Waals surface area (Å²) in [6.45, 7) is 3.17. The molecule has 0 radical (unpaired) electrons. The van der Waals surface area contributed by atoms with Gasteiger partial charge in [-0.25, -0.2) is 0 Å². The maximum atomic E-state index is 13.5. The standard InChI is InChI=1S/C31H31N3O3/c1-21-10-13-28-24(14-21)17-29-31(36)33(20-30(35)34(28)29)19-25(15-22-6-3-2-4-7-22)32-18-23-8-5-9-27(16-23)37-26-11-12-26/h2-10,13-14,16-17,25-26,32H,11-12,15,18-20H2,1H3/t25-/m0/s1. The number of fused-ring (bicyclic) bond motifs is 3. The first-order valence-corrected chi connectivity index (χ1v) is 13.0. The van der Waals surface area contributed by atoms with Crippen LogP contribution in [0.4, 0.5) is 0 Å². The molecule has 4 aromatic rings. The molecular weight excluding hydrogens is 462 g/mol. The lowest BCUT2D eigenvalue weighted by Gasteiger charge is -2.31. The number of carbonyl (C=O) groups is 2. The highest BCUT2D eigenvalue weighted by Gasteiger charge is 2.33. The largest absolute Gasteiger partial charge is 0.490 e. The van der Waals surface area contributed by atoms with Crippen molar-refractivity contribution < 1.29 is 14.3 Å². The van der Waals surface area contributed by atoms with E-state index in [9.17, 15) is 9.59 Å². The van der Waals surface area contributed by atoms with Crippen LogP contribution in [-0.4, -0.2) is 46.5 Å². The molecule has 0 saturated heterocycles. The van der Waals surface area contributed by atoms with Crippen molar-refractivity contribution in [2.45, 2.75) is 44.9 Å². The summed E-state index contributed by atoms with van der Waals surface area (Å²) in [6.07, 6.45) is 3.36. The number of aryl methyl sites for hydroxylation is 1. The monoisotopic (exact) mass is 493 g/mol. The summed E-state index contributed by atoms with van der Waals surface area (Å²) in [5.41, 5.74) is 4.66. The Morgan fingerprint density at radius 2 is 1.76 bits per heavy atom. The van der Waals surface area contributed by atoms with Gasteiger partial charge in [0.1, 0.15) is 18.0 Å². The Morgan fingerprint density at radius 3 is 2.57 bits per heavy atom. The molecule has 188 valence electrons. The van der Waals surface area contributed by atoms with Crippen molar-refractivity contribution >= 4 is 22.7 Å². The van der Waals surface area contributed by atoms with Gasteiger partial charge in [-0.05, 0) is 67.6 Å². The normalized spacial score (nSPS) is 16.2. The molecular formula is C31H31N3O3. The Labute approximate surface area is 216 Å². The number of hydrogen-bond acceptors (Lipinski definition) is 4. The molecule has 1 aromatic heterocycles. The smallest absolute Gasteiger partial charge is 0.271 e. The molecule has 0 unspecified atom stereocenters. The average Bonchev–Trinajstić information content (AvgIpc) is 3.63. The first-order valence-electron chi connectivity index (χ1n) is 13.0. The SMILES string of the molecule is Cc1ccc2c(c1)cc1n2C(=O)CN(C[C@H](Cc2ccccc2)NCc2cccc(OC3CC3)c2)C1=O. The minimum absolute atomic E-state index is 0.0228. The minimum Gasteiger partial charge on any atom is -0.490 e. The highest BCUT2D eigenvalue weighted by molar-refractivity contribution is 6.09. The second-order valence-electron chi connectivity index (χ2n) is 10.2. The highest BCUT2D eigenvalue weighted by Crippen LogP contribution is 2.28. The molecule has 1 amide bonds. The van der Waals surface area contributed by atoms with Crippen LogP contribution in [0.1, 0.15) is 44.8 Å². The molecule has 37 heavy (non-hydrogen) atoms. The van der Waals surface area contributed by atoms with E-state index < -0.39 is 0 Å². The van der Waals surface area contributed by atoms with Crippen LogP contribution in [0.2, 0.25) is 0 Å². The van der Waals surface area contributed by atoms with Crippen molar-refractivity contribution in [1.82, 2.24) is 14.8 Å². The third-order valence-electron chi connectivity index (χ3n) is 7.13. The number of rotatable bonds is 9. The molecule has 1 N–H and O–H groups in total. The zero-order valence-electron chi connectivity index (χ0n) is 21.0. The first kappa shape index (κ1) is 23.5. The van der Waals surface area contributed by atoms with E-state index in [1.165, 1.54) is 5.56 Å². The van der Waals surface area contributed by atoms with Gasteiger partial charge in [0.25, 0.3) is 11.8 Å². The summed E-state index contributed by atoms with van der Waals surface area (Å²) in [4.78, 5) is 28.4. The van der Waals surface area contributed by atoms with Crippen LogP contribution < -0.4 is 10.1 Å². The van der Waals surface area contributed by atoms with Gasteiger partial charge in [-0.3, -0.25) is 14.2 Å². The lowest BCUT2D eigenvalue weighted by Crippen LogP contribution is -2.50. The van der Waals surface area contributed by atoms with E-state index in [4.69, 9.17) is 4.74 Å². The number of ether oxygens (including phenoxy) is 1. The molecule has 2 aliphatic rings. The molecule has 6 rings (SSSR count). The summed E-state index contributed by atoms with van der Waals surface area (Å²) < 4.78 is 7.54. The van der Waals surface area contributed by atoms with Gasteiger partial charge in [0.05, 0.1) is 11.6 Å². The van der Waals surface area contributed by atoms with Gasteiger partial charge in [-0.1, -0.05) is 54.1 Å². The molecule has 3 aromatic carbocycles. The van der Waals surface area contributed by atoms with E-state index in [1.54, 1.807) is 9.47 Å². The van der Waals surface area contributed by atoms with Crippen molar-refractivity contribution in [3.8, 4) is 5.75 Å².